The molecule has 0 radical (unpaired) electrons. The second-order valence-electron chi connectivity index (χ2n) is 6.78. The van der Waals surface area contributed by atoms with Gasteiger partial charge in [0.15, 0.2) is 11.6 Å². The second-order valence-corrected chi connectivity index (χ2v) is 7.22. The summed E-state index contributed by atoms with van der Waals surface area (Å²) in [5.74, 6) is 2.27. The predicted octanol–water partition coefficient (Wildman–Crippen LogP) is 4.57. The molecule has 0 bridgehead atoms. The first-order valence-corrected chi connectivity index (χ1v) is 9.82. The molecule has 0 saturated carbocycles. The lowest BCUT2D eigenvalue weighted by Crippen LogP contribution is -2.09. The minimum absolute atomic E-state index is 0.200. The number of benzene rings is 1. The molecule has 0 atom stereocenters. The van der Waals surface area contributed by atoms with Gasteiger partial charge in [-0.25, -0.2) is 9.97 Å². The maximum Gasteiger partial charge on any atom is 0.246 e. The molecule has 0 fully saturated rings. The van der Waals surface area contributed by atoms with Crippen LogP contribution in [0.1, 0.15) is 11.5 Å². The van der Waals surface area contributed by atoms with Crippen LogP contribution in [0.15, 0.2) is 78.5 Å². The molecule has 0 spiro atoms. The van der Waals surface area contributed by atoms with Crippen molar-refractivity contribution in [2.45, 2.75) is 13.2 Å². The first kappa shape index (κ1) is 19.1. The van der Waals surface area contributed by atoms with Crippen LogP contribution in [0.2, 0.25) is 5.02 Å². The number of ether oxygens (including phenoxy) is 1. The van der Waals surface area contributed by atoms with Gasteiger partial charge in [-0.3, -0.25) is 4.57 Å². The van der Waals surface area contributed by atoms with E-state index in [0.717, 1.165) is 16.9 Å². The van der Waals surface area contributed by atoms with E-state index in [1.54, 1.807) is 30.8 Å². The number of nitrogens with zero attached hydrogens (tertiary/aromatic N) is 6. The Morgan fingerprint density at radius 1 is 1.29 bits per heavy atom. The molecule has 9 heteroatoms. The molecule has 0 unspecified atom stereocenters. The third-order valence-electron chi connectivity index (χ3n) is 4.90. The van der Waals surface area contributed by atoms with Crippen LogP contribution in [0, 0.1) is 0 Å². The summed E-state index contributed by atoms with van der Waals surface area (Å²) >= 11 is 6.31. The van der Waals surface area contributed by atoms with E-state index in [0.29, 0.717) is 40.6 Å². The molecule has 154 valence electrons. The zero-order valence-corrected chi connectivity index (χ0v) is 17.2. The lowest BCUT2D eigenvalue weighted by molar-refractivity contribution is 0.201. The standard InChI is InChI=1S/C22H17ClN6O2/c1-3-4-5-14(2)31-12-19-26-27-21-16-10-15(23)6-7-17(16)29-13-25-20(18(29)11-28(19)21)22-24-8-9-30-22/h3-10,13H,1-2,11-12H2/b5-4-. The Morgan fingerprint density at radius 2 is 2.19 bits per heavy atom. The number of halogens is 1. The van der Waals surface area contributed by atoms with Crippen molar-refractivity contribution in [2.75, 3.05) is 0 Å². The summed E-state index contributed by atoms with van der Waals surface area (Å²) in [4.78, 5) is 8.82. The maximum atomic E-state index is 6.31. The Hall–Kier alpha value is -3.91. The van der Waals surface area contributed by atoms with E-state index >= 15 is 0 Å². The normalized spacial score (nSPS) is 12.2. The summed E-state index contributed by atoms with van der Waals surface area (Å²) in [6, 6.07) is 5.64. The van der Waals surface area contributed by atoms with Crippen molar-refractivity contribution in [2.24, 2.45) is 0 Å². The fourth-order valence-corrected chi connectivity index (χ4v) is 3.66. The number of oxazole rings is 1. The van der Waals surface area contributed by atoms with Crippen LogP contribution in [-0.2, 0) is 17.9 Å². The Morgan fingerprint density at radius 3 is 3.00 bits per heavy atom. The van der Waals surface area contributed by atoms with Gasteiger partial charge in [-0.1, -0.05) is 36.9 Å². The lowest BCUT2D eigenvalue weighted by atomic mass is 10.1. The number of allylic oxidation sites excluding steroid dienone is 3. The number of aromatic nitrogens is 6. The molecule has 1 aliphatic heterocycles. The zero-order chi connectivity index (χ0) is 21.4. The molecule has 4 aromatic rings. The van der Waals surface area contributed by atoms with Gasteiger partial charge in [0.05, 0.1) is 24.1 Å². The van der Waals surface area contributed by atoms with Crippen LogP contribution in [-0.4, -0.2) is 29.3 Å². The summed E-state index contributed by atoms with van der Waals surface area (Å²) in [7, 11) is 0. The summed E-state index contributed by atoms with van der Waals surface area (Å²) < 4.78 is 15.2. The highest BCUT2D eigenvalue weighted by molar-refractivity contribution is 6.31. The second kappa shape index (κ2) is 7.73. The SMILES string of the molecule is C=C/C=C\C(=C)OCc1nnc2n1Cc1c(-c3ncco3)ncn1-c1ccc(Cl)cc1-2. The zero-order valence-electron chi connectivity index (χ0n) is 16.4. The van der Waals surface area contributed by atoms with Gasteiger partial charge in [-0.2, -0.15) is 0 Å². The molecule has 5 rings (SSSR count). The molecule has 1 aliphatic rings. The van der Waals surface area contributed by atoms with Crippen LogP contribution in [0.4, 0.5) is 0 Å². The highest BCUT2D eigenvalue weighted by Gasteiger charge is 2.27. The van der Waals surface area contributed by atoms with E-state index in [2.05, 4.69) is 33.3 Å². The third kappa shape index (κ3) is 3.36. The number of imidazole rings is 1. The molecule has 0 aliphatic carbocycles. The fraction of sp³-hybridized carbons (Fsp3) is 0.0909. The highest BCUT2D eigenvalue weighted by Crippen LogP contribution is 2.36. The molecule has 3 aromatic heterocycles. The monoisotopic (exact) mass is 432 g/mol. The quantitative estimate of drug-likeness (QED) is 0.288. The van der Waals surface area contributed by atoms with E-state index in [9.17, 15) is 0 Å². The fourth-order valence-electron chi connectivity index (χ4n) is 3.49. The molecule has 0 amide bonds. The highest BCUT2D eigenvalue weighted by atomic mass is 35.5. The van der Waals surface area contributed by atoms with Gasteiger partial charge in [-0.15, -0.1) is 10.2 Å². The Labute approximate surface area is 182 Å². The Balaban J connectivity index is 1.62. The largest absolute Gasteiger partial charge is 0.486 e. The van der Waals surface area contributed by atoms with Crippen molar-refractivity contribution in [1.82, 2.24) is 29.3 Å². The topological polar surface area (TPSA) is 83.8 Å². The van der Waals surface area contributed by atoms with E-state index < -0.39 is 0 Å². The molecule has 8 nitrogen and oxygen atoms in total. The number of hydrogen-bond donors (Lipinski definition) is 0. The molecule has 0 saturated heterocycles. The van der Waals surface area contributed by atoms with Gasteiger partial charge in [0.1, 0.15) is 30.7 Å². The number of rotatable bonds is 6. The van der Waals surface area contributed by atoms with E-state index in [1.165, 1.54) is 6.26 Å². The summed E-state index contributed by atoms with van der Waals surface area (Å²) in [5.41, 5.74) is 3.27. The molecular weight excluding hydrogens is 416 g/mol. The average molecular weight is 433 g/mol. The lowest BCUT2D eigenvalue weighted by Gasteiger charge is -2.10. The van der Waals surface area contributed by atoms with Gasteiger partial charge in [-0.05, 0) is 24.3 Å². The van der Waals surface area contributed by atoms with Crippen molar-refractivity contribution in [3.63, 3.8) is 0 Å². The Kier molecular flexibility index (Phi) is 4.76. The van der Waals surface area contributed by atoms with Crippen LogP contribution in [0.5, 0.6) is 0 Å². The number of hydrogen-bond acceptors (Lipinski definition) is 6. The van der Waals surface area contributed by atoms with Crippen LogP contribution in [0.3, 0.4) is 0 Å². The van der Waals surface area contributed by atoms with Crippen LogP contribution < -0.4 is 0 Å². The first-order chi connectivity index (χ1) is 15.2. The Bertz CT molecular complexity index is 1320. The van der Waals surface area contributed by atoms with Crippen molar-refractivity contribution < 1.29 is 9.15 Å². The first-order valence-electron chi connectivity index (χ1n) is 9.45. The molecule has 31 heavy (non-hydrogen) atoms. The van der Waals surface area contributed by atoms with Gasteiger partial charge >= 0.3 is 0 Å². The predicted molar refractivity (Wildman–Crippen MR) is 115 cm³/mol. The van der Waals surface area contributed by atoms with E-state index in [4.69, 9.17) is 20.8 Å². The smallest absolute Gasteiger partial charge is 0.246 e. The molecular formula is C22H17ClN6O2. The van der Waals surface area contributed by atoms with Gasteiger partial charge in [0.25, 0.3) is 0 Å². The van der Waals surface area contributed by atoms with Gasteiger partial charge in [0.2, 0.25) is 5.89 Å². The van der Waals surface area contributed by atoms with Crippen LogP contribution >= 0.6 is 11.6 Å². The van der Waals surface area contributed by atoms with Gasteiger partial charge < -0.3 is 13.7 Å². The van der Waals surface area contributed by atoms with Crippen LogP contribution in [0.25, 0.3) is 28.7 Å². The summed E-state index contributed by atoms with van der Waals surface area (Å²) in [5, 5.41) is 9.40. The molecule has 0 N–H and O–H groups in total. The van der Waals surface area contributed by atoms with Gasteiger partial charge in [0, 0.05) is 10.6 Å². The van der Waals surface area contributed by atoms with E-state index in [-0.39, 0.29) is 6.61 Å². The van der Waals surface area contributed by atoms with Crippen molar-refractivity contribution in [1.29, 1.82) is 0 Å². The average Bonchev–Trinajstić information content (AvgIpc) is 3.50. The molecule has 4 heterocycles. The number of fused-ring (bicyclic) bond motifs is 5. The van der Waals surface area contributed by atoms with Crippen molar-refractivity contribution in [3.8, 4) is 28.7 Å². The van der Waals surface area contributed by atoms with Crippen molar-refractivity contribution >= 4 is 11.6 Å². The molecule has 1 aromatic carbocycles. The minimum Gasteiger partial charge on any atom is -0.486 e. The van der Waals surface area contributed by atoms with E-state index in [1.807, 2.05) is 27.3 Å². The third-order valence-corrected chi connectivity index (χ3v) is 5.14. The van der Waals surface area contributed by atoms with Crippen molar-refractivity contribution in [3.05, 3.63) is 90.7 Å². The minimum atomic E-state index is 0.200. The maximum absolute atomic E-state index is 6.31. The summed E-state index contributed by atoms with van der Waals surface area (Å²) in [6.45, 7) is 8.17. The summed E-state index contributed by atoms with van der Waals surface area (Å²) in [6.07, 6.45) is 10.0.